The first-order valence-electron chi connectivity index (χ1n) is 7.48. The first kappa shape index (κ1) is 17.1. The molecule has 2 amide bonds. The van der Waals surface area contributed by atoms with E-state index in [0.29, 0.717) is 30.3 Å². The fourth-order valence-corrected chi connectivity index (χ4v) is 2.51. The minimum absolute atomic E-state index is 0.0170. The number of benzene rings is 1. The van der Waals surface area contributed by atoms with Gasteiger partial charge in [-0.25, -0.2) is 0 Å². The van der Waals surface area contributed by atoms with Crippen molar-refractivity contribution in [2.45, 2.75) is 13.0 Å². The highest BCUT2D eigenvalue weighted by molar-refractivity contribution is 5.96. The van der Waals surface area contributed by atoms with E-state index >= 15 is 0 Å². The molecule has 1 aromatic carbocycles. The van der Waals surface area contributed by atoms with Crippen LogP contribution in [0.15, 0.2) is 18.2 Å². The van der Waals surface area contributed by atoms with Gasteiger partial charge in [0.2, 0.25) is 11.8 Å². The van der Waals surface area contributed by atoms with Crippen LogP contribution in [-0.4, -0.2) is 57.1 Å². The van der Waals surface area contributed by atoms with E-state index in [9.17, 15) is 9.59 Å². The lowest BCUT2D eigenvalue weighted by Crippen LogP contribution is -2.58. The summed E-state index contributed by atoms with van der Waals surface area (Å²) in [5, 5.41) is 5.48. The summed E-state index contributed by atoms with van der Waals surface area (Å²) in [6, 6.07) is 4.89. The molecule has 0 saturated carbocycles. The Labute approximate surface area is 135 Å². The lowest BCUT2D eigenvalue weighted by molar-refractivity contribution is -0.134. The van der Waals surface area contributed by atoms with Crippen LogP contribution in [0.25, 0.3) is 0 Å². The van der Waals surface area contributed by atoms with Crippen molar-refractivity contribution in [2.24, 2.45) is 5.92 Å². The molecule has 7 nitrogen and oxygen atoms in total. The summed E-state index contributed by atoms with van der Waals surface area (Å²) in [6.07, 6.45) is 0. The Morgan fingerprint density at radius 3 is 2.52 bits per heavy atom. The molecule has 23 heavy (non-hydrogen) atoms. The van der Waals surface area contributed by atoms with Gasteiger partial charge in [0.1, 0.15) is 11.5 Å². The minimum atomic E-state index is -0.327. The Kier molecular flexibility index (Phi) is 5.44. The second kappa shape index (κ2) is 7.32. The molecule has 7 heteroatoms. The number of hydrogen-bond donors (Lipinski definition) is 2. The Morgan fingerprint density at radius 2 is 1.96 bits per heavy atom. The molecule has 0 bridgehead atoms. The number of carbonyl (C=O) groups is 2. The molecule has 1 heterocycles. The predicted molar refractivity (Wildman–Crippen MR) is 86.8 cm³/mol. The molecule has 1 aromatic rings. The quantitative estimate of drug-likeness (QED) is 0.806. The number of nitrogens with one attached hydrogen (secondary N) is 2. The Balaban J connectivity index is 1.98. The Hall–Kier alpha value is -2.28. The molecule has 126 valence electrons. The van der Waals surface area contributed by atoms with Gasteiger partial charge in [-0.3, -0.25) is 14.5 Å². The van der Waals surface area contributed by atoms with Crippen LogP contribution < -0.4 is 20.1 Å². The number of ether oxygens (including phenoxy) is 2. The zero-order chi connectivity index (χ0) is 17.0. The number of rotatable bonds is 6. The lowest BCUT2D eigenvalue weighted by atomic mass is 9.97. The highest BCUT2D eigenvalue weighted by atomic mass is 16.5. The molecule has 2 rings (SSSR count). The highest BCUT2D eigenvalue weighted by Gasteiger charge is 2.37. The number of amides is 2. The summed E-state index contributed by atoms with van der Waals surface area (Å²) < 4.78 is 10.4. The fraction of sp³-hybridized carbons (Fsp3) is 0.500. The number of anilines is 1. The Bertz CT molecular complexity index is 585. The van der Waals surface area contributed by atoms with E-state index in [4.69, 9.17) is 9.47 Å². The van der Waals surface area contributed by atoms with Gasteiger partial charge in [-0.05, 0) is 19.1 Å². The standard InChI is InChI=1S/C16H23N3O4/c1-10(19-8-11(9-19)16(21)17-2)15(20)18-13-7-12(22-3)5-6-14(13)23-4/h5-7,10-11H,8-9H2,1-4H3,(H,17,21)(H,18,20)/t10-/m0/s1. The number of nitrogens with zero attached hydrogens (tertiary/aromatic N) is 1. The third-order valence-electron chi connectivity index (χ3n) is 4.12. The summed E-state index contributed by atoms with van der Waals surface area (Å²) in [5.74, 6) is 1.03. The fourth-order valence-electron chi connectivity index (χ4n) is 2.51. The van der Waals surface area contributed by atoms with Crippen LogP contribution in [0.4, 0.5) is 5.69 Å². The van der Waals surface area contributed by atoms with Gasteiger partial charge in [-0.1, -0.05) is 0 Å². The van der Waals surface area contributed by atoms with E-state index in [0.717, 1.165) is 0 Å². The van der Waals surface area contributed by atoms with Gasteiger partial charge in [0, 0.05) is 26.2 Å². The number of hydrogen-bond acceptors (Lipinski definition) is 5. The zero-order valence-electron chi connectivity index (χ0n) is 13.9. The Morgan fingerprint density at radius 1 is 1.26 bits per heavy atom. The average Bonchev–Trinajstić information content (AvgIpc) is 2.52. The maximum absolute atomic E-state index is 12.4. The van der Waals surface area contributed by atoms with Crippen molar-refractivity contribution in [1.29, 1.82) is 0 Å². The minimum Gasteiger partial charge on any atom is -0.497 e. The first-order chi connectivity index (χ1) is 11.0. The number of methoxy groups -OCH3 is 2. The molecule has 2 N–H and O–H groups in total. The van der Waals surface area contributed by atoms with Crippen LogP contribution in [0.5, 0.6) is 11.5 Å². The van der Waals surface area contributed by atoms with E-state index in [1.807, 2.05) is 11.8 Å². The summed E-state index contributed by atoms with van der Waals surface area (Å²) in [5.41, 5.74) is 0.562. The van der Waals surface area contributed by atoms with E-state index < -0.39 is 0 Å². The van der Waals surface area contributed by atoms with Crippen molar-refractivity contribution >= 4 is 17.5 Å². The van der Waals surface area contributed by atoms with Crippen LogP contribution in [0.3, 0.4) is 0 Å². The summed E-state index contributed by atoms with van der Waals surface area (Å²) >= 11 is 0. The SMILES string of the molecule is CNC(=O)C1CN([C@@H](C)C(=O)Nc2cc(OC)ccc2OC)C1. The molecule has 1 saturated heterocycles. The molecule has 0 radical (unpaired) electrons. The first-order valence-corrected chi connectivity index (χ1v) is 7.48. The van der Waals surface area contributed by atoms with Gasteiger partial charge in [0.25, 0.3) is 0 Å². The molecular formula is C16H23N3O4. The van der Waals surface area contributed by atoms with Crippen molar-refractivity contribution in [3.63, 3.8) is 0 Å². The van der Waals surface area contributed by atoms with Crippen molar-refractivity contribution in [3.05, 3.63) is 18.2 Å². The second-order valence-corrected chi connectivity index (χ2v) is 5.50. The van der Waals surface area contributed by atoms with Crippen molar-refractivity contribution < 1.29 is 19.1 Å². The molecule has 0 unspecified atom stereocenters. The van der Waals surface area contributed by atoms with Gasteiger partial charge < -0.3 is 20.1 Å². The van der Waals surface area contributed by atoms with E-state index in [1.54, 1.807) is 39.5 Å². The second-order valence-electron chi connectivity index (χ2n) is 5.50. The molecule has 1 aliphatic heterocycles. The van der Waals surface area contributed by atoms with Gasteiger partial charge in [0.15, 0.2) is 0 Å². The van der Waals surface area contributed by atoms with E-state index in [1.165, 1.54) is 0 Å². The lowest BCUT2D eigenvalue weighted by Gasteiger charge is -2.41. The molecule has 0 aliphatic carbocycles. The normalized spacial score (nSPS) is 16.2. The summed E-state index contributed by atoms with van der Waals surface area (Å²) in [4.78, 5) is 25.9. The highest BCUT2D eigenvalue weighted by Crippen LogP contribution is 2.29. The summed E-state index contributed by atoms with van der Waals surface area (Å²) in [7, 11) is 4.73. The smallest absolute Gasteiger partial charge is 0.241 e. The molecular weight excluding hydrogens is 298 g/mol. The monoisotopic (exact) mass is 321 g/mol. The van der Waals surface area contributed by atoms with Gasteiger partial charge in [-0.15, -0.1) is 0 Å². The third-order valence-corrected chi connectivity index (χ3v) is 4.12. The van der Waals surface area contributed by atoms with Gasteiger partial charge >= 0.3 is 0 Å². The van der Waals surface area contributed by atoms with Crippen LogP contribution in [-0.2, 0) is 9.59 Å². The molecule has 1 fully saturated rings. The van der Waals surface area contributed by atoms with Crippen LogP contribution >= 0.6 is 0 Å². The number of likely N-dealkylation sites (tertiary alicyclic amines) is 1. The maximum Gasteiger partial charge on any atom is 0.241 e. The van der Waals surface area contributed by atoms with Crippen LogP contribution in [0.2, 0.25) is 0 Å². The summed E-state index contributed by atoms with van der Waals surface area (Å²) in [6.45, 7) is 3.00. The molecule has 0 aromatic heterocycles. The average molecular weight is 321 g/mol. The van der Waals surface area contributed by atoms with E-state index in [2.05, 4.69) is 10.6 Å². The van der Waals surface area contributed by atoms with Gasteiger partial charge in [-0.2, -0.15) is 0 Å². The van der Waals surface area contributed by atoms with E-state index in [-0.39, 0.29) is 23.8 Å². The van der Waals surface area contributed by atoms with Crippen molar-refractivity contribution in [1.82, 2.24) is 10.2 Å². The third kappa shape index (κ3) is 3.73. The maximum atomic E-state index is 12.4. The predicted octanol–water partition coefficient (Wildman–Crippen LogP) is 0.709. The topological polar surface area (TPSA) is 79.9 Å². The van der Waals surface area contributed by atoms with Crippen molar-refractivity contribution in [3.8, 4) is 11.5 Å². The van der Waals surface area contributed by atoms with Crippen LogP contribution in [0.1, 0.15) is 6.92 Å². The molecule has 1 atom stereocenters. The molecule has 1 aliphatic rings. The number of carbonyl (C=O) groups excluding carboxylic acids is 2. The van der Waals surface area contributed by atoms with Gasteiger partial charge in [0.05, 0.1) is 31.9 Å². The molecule has 0 spiro atoms. The zero-order valence-corrected chi connectivity index (χ0v) is 13.9. The van der Waals surface area contributed by atoms with Crippen LogP contribution in [0, 0.1) is 5.92 Å². The van der Waals surface area contributed by atoms with Crippen molar-refractivity contribution in [2.75, 3.05) is 39.7 Å². The largest absolute Gasteiger partial charge is 0.497 e.